The first-order valence-corrected chi connectivity index (χ1v) is 4.97. The van der Waals surface area contributed by atoms with Crippen molar-refractivity contribution < 1.29 is 9.90 Å². The Hall–Kier alpha value is -0.570. The number of rotatable bonds is 1. The van der Waals surface area contributed by atoms with Crippen molar-refractivity contribution in [2.75, 3.05) is 13.1 Å². The monoisotopic (exact) mass is 183 g/mol. The summed E-state index contributed by atoms with van der Waals surface area (Å²) in [5.41, 5.74) is 0.213. The second-order valence-corrected chi connectivity index (χ2v) is 4.97. The van der Waals surface area contributed by atoms with Gasteiger partial charge in [-0.1, -0.05) is 13.8 Å². The predicted octanol–water partition coefficient (Wildman–Crippen LogP) is 0.626. The van der Waals surface area contributed by atoms with Gasteiger partial charge in [0.2, 0.25) is 5.91 Å². The normalized spacial score (nSPS) is 36.4. The number of hydrogen-bond acceptors (Lipinski definition) is 2. The van der Waals surface area contributed by atoms with Gasteiger partial charge < -0.3 is 10.0 Å². The third kappa shape index (κ3) is 1.57. The topological polar surface area (TPSA) is 40.5 Å². The van der Waals surface area contributed by atoms with Crippen LogP contribution < -0.4 is 0 Å². The molecule has 1 unspecified atom stereocenters. The van der Waals surface area contributed by atoms with Crippen molar-refractivity contribution in [3.8, 4) is 0 Å². The van der Waals surface area contributed by atoms with E-state index in [1.54, 1.807) is 0 Å². The summed E-state index contributed by atoms with van der Waals surface area (Å²) in [5.74, 6) is 0.472. The molecule has 2 atom stereocenters. The lowest BCUT2D eigenvalue weighted by molar-refractivity contribution is -0.132. The SMILES string of the molecule is CC1(C)CC1C(=O)N1CC[C@H](O)C1. The van der Waals surface area contributed by atoms with E-state index in [1.807, 2.05) is 4.90 Å². The molecule has 0 aromatic rings. The van der Waals surface area contributed by atoms with E-state index >= 15 is 0 Å². The highest BCUT2D eigenvalue weighted by Gasteiger charge is 2.52. The molecule has 74 valence electrons. The van der Waals surface area contributed by atoms with E-state index in [-0.39, 0.29) is 23.3 Å². The maximum Gasteiger partial charge on any atom is 0.226 e. The van der Waals surface area contributed by atoms with Gasteiger partial charge in [-0.2, -0.15) is 0 Å². The Bertz CT molecular complexity index is 237. The van der Waals surface area contributed by atoms with Gasteiger partial charge in [0.1, 0.15) is 0 Å². The van der Waals surface area contributed by atoms with Crippen LogP contribution >= 0.6 is 0 Å². The highest BCUT2D eigenvalue weighted by Crippen LogP contribution is 2.52. The van der Waals surface area contributed by atoms with Gasteiger partial charge in [-0.05, 0) is 18.3 Å². The lowest BCUT2D eigenvalue weighted by Crippen LogP contribution is -2.31. The first-order valence-electron chi connectivity index (χ1n) is 4.97. The smallest absolute Gasteiger partial charge is 0.226 e. The van der Waals surface area contributed by atoms with Crippen molar-refractivity contribution in [1.29, 1.82) is 0 Å². The molecule has 1 N–H and O–H groups in total. The van der Waals surface area contributed by atoms with Crippen molar-refractivity contribution in [3.63, 3.8) is 0 Å². The highest BCUT2D eigenvalue weighted by molar-refractivity contribution is 5.82. The molecule has 1 amide bonds. The van der Waals surface area contributed by atoms with E-state index in [2.05, 4.69) is 13.8 Å². The molecule has 1 saturated carbocycles. The van der Waals surface area contributed by atoms with Crippen LogP contribution in [0.15, 0.2) is 0 Å². The third-order valence-electron chi connectivity index (χ3n) is 3.29. The van der Waals surface area contributed by atoms with Gasteiger partial charge in [0, 0.05) is 19.0 Å². The summed E-state index contributed by atoms with van der Waals surface area (Å²) >= 11 is 0. The summed E-state index contributed by atoms with van der Waals surface area (Å²) in [6.07, 6.45) is 1.47. The molecule has 1 aliphatic heterocycles. The summed E-state index contributed by atoms with van der Waals surface area (Å²) in [4.78, 5) is 13.6. The Morgan fingerprint density at radius 3 is 2.54 bits per heavy atom. The quantitative estimate of drug-likeness (QED) is 0.647. The average molecular weight is 183 g/mol. The molecule has 13 heavy (non-hydrogen) atoms. The summed E-state index contributed by atoms with van der Waals surface area (Å²) in [7, 11) is 0. The number of aliphatic hydroxyl groups excluding tert-OH is 1. The van der Waals surface area contributed by atoms with Gasteiger partial charge in [0.15, 0.2) is 0 Å². The summed E-state index contributed by atoms with van der Waals surface area (Å²) in [5, 5.41) is 9.29. The lowest BCUT2D eigenvalue weighted by Gasteiger charge is -2.16. The largest absolute Gasteiger partial charge is 0.391 e. The van der Waals surface area contributed by atoms with Gasteiger partial charge >= 0.3 is 0 Å². The molecule has 1 saturated heterocycles. The van der Waals surface area contributed by atoms with Crippen molar-refractivity contribution in [2.45, 2.75) is 32.8 Å². The summed E-state index contributed by atoms with van der Waals surface area (Å²) in [6.45, 7) is 5.54. The fourth-order valence-electron chi connectivity index (χ4n) is 2.05. The van der Waals surface area contributed by atoms with Crippen molar-refractivity contribution in [3.05, 3.63) is 0 Å². The fourth-order valence-corrected chi connectivity index (χ4v) is 2.05. The second kappa shape index (κ2) is 2.71. The minimum absolute atomic E-state index is 0.213. The van der Waals surface area contributed by atoms with Crippen LogP contribution in [0, 0.1) is 11.3 Å². The van der Waals surface area contributed by atoms with Gasteiger partial charge in [0.25, 0.3) is 0 Å². The third-order valence-corrected chi connectivity index (χ3v) is 3.29. The maximum absolute atomic E-state index is 11.8. The molecule has 0 aromatic heterocycles. The van der Waals surface area contributed by atoms with E-state index < -0.39 is 0 Å². The molecule has 2 rings (SSSR count). The van der Waals surface area contributed by atoms with Crippen molar-refractivity contribution >= 4 is 5.91 Å². The number of nitrogens with zero attached hydrogens (tertiary/aromatic N) is 1. The number of likely N-dealkylation sites (tertiary alicyclic amines) is 1. The minimum Gasteiger partial charge on any atom is -0.391 e. The molecule has 2 aliphatic rings. The van der Waals surface area contributed by atoms with Crippen LogP contribution in [-0.2, 0) is 4.79 Å². The van der Waals surface area contributed by atoms with Crippen LogP contribution in [0.2, 0.25) is 0 Å². The van der Waals surface area contributed by atoms with Crippen LogP contribution in [0.4, 0.5) is 0 Å². The number of carbonyl (C=O) groups is 1. The molecule has 1 heterocycles. The summed E-state index contributed by atoms with van der Waals surface area (Å²) in [6, 6.07) is 0. The summed E-state index contributed by atoms with van der Waals surface area (Å²) < 4.78 is 0. The van der Waals surface area contributed by atoms with Gasteiger partial charge in [-0.3, -0.25) is 4.79 Å². The number of amides is 1. The number of carbonyl (C=O) groups excluding carboxylic acids is 1. The van der Waals surface area contributed by atoms with Crippen molar-refractivity contribution in [2.24, 2.45) is 11.3 Å². The van der Waals surface area contributed by atoms with E-state index in [9.17, 15) is 9.90 Å². The predicted molar refractivity (Wildman–Crippen MR) is 49.1 cm³/mol. The molecule has 0 radical (unpaired) electrons. The maximum atomic E-state index is 11.8. The zero-order valence-corrected chi connectivity index (χ0v) is 8.29. The Morgan fingerprint density at radius 2 is 2.15 bits per heavy atom. The van der Waals surface area contributed by atoms with Gasteiger partial charge in [-0.15, -0.1) is 0 Å². The van der Waals surface area contributed by atoms with E-state index in [1.165, 1.54) is 0 Å². The Balaban J connectivity index is 1.92. The van der Waals surface area contributed by atoms with E-state index in [0.717, 1.165) is 19.4 Å². The zero-order chi connectivity index (χ0) is 9.64. The first kappa shape index (κ1) is 9.00. The zero-order valence-electron chi connectivity index (χ0n) is 8.29. The van der Waals surface area contributed by atoms with Gasteiger partial charge in [-0.25, -0.2) is 0 Å². The van der Waals surface area contributed by atoms with Crippen LogP contribution in [0.5, 0.6) is 0 Å². The van der Waals surface area contributed by atoms with E-state index in [4.69, 9.17) is 0 Å². The molecule has 1 aliphatic carbocycles. The van der Waals surface area contributed by atoms with E-state index in [0.29, 0.717) is 6.54 Å². The molecule has 0 spiro atoms. The van der Waals surface area contributed by atoms with Crippen molar-refractivity contribution in [1.82, 2.24) is 4.90 Å². The Morgan fingerprint density at radius 1 is 1.54 bits per heavy atom. The van der Waals surface area contributed by atoms with Crippen LogP contribution in [0.1, 0.15) is 26.7 Å². The van der Waals surface area contributed by atoms with Crippen LogP contribution in [0.25, 0.3) is 0 Å². The standard InChI is InChI=1S/C10H17NO2/c1-10(2)5-8(10)9(13)11-4-3-7(12)6-11/h7-8,12H,3-6H2,1-2H3/t7-,8?/m0/s1. The molecular weight excluding hydrogens is 166 g/mol. The Kier molecular flexibility index (Phi) is 1.88. The lowest BCUT2D eigenvalue weighted by atomic mass is 10.1. The first-order chi connectivity index (χ1) is 6.00. The molecule has 0 aromatic carbocycles. The van der Waals surface area contributed by atoms with Crippen LogP contribution in [0.3, 0.4) is 0 Å². The molecule has 3 heteroatoms. The molecule has 3 nitrogen and oxygen atoms in total. The molecular formula is C10H17NO2. The number of aliphatic hydroxyl groups is 1. The molecule has 2 fully saturated rings. The highest BCUT2D eigenvalue weighted by atomic mass is 16.3. The van der Waals surface area contributed by atoms with Crippen LogP contribution in [-0.4, -0.2) is 35.1 Å². The fraction of sp³-hybridized carbons (Fsp3) is 0.900. The van der Waals surface area contributed by atoms with Gasteiger partial charge in [0.05, 0.1) is 6.10 Å². The number of β-amino-alcohol motifs (C(OH)–C–C–N with tert-alkyl or cyclic N) is 1. The number of hydrogen-bond donors (Lipinski definition) is 1. The molecule has 0 bridgehead atoms. The Labute approximate surface area is 78.7 Å². The minimum atomic E-state index is -0.286. The average Bonchev–Trinajstić information content (AvgIpc) is 2.47. The second-order valence-electron chi connectivity index (χ2n) is 4.97.